The third kappa shape index (κ3) is 3.68. The van der Waals surface area contributed by atoms with Crippen LogP contribution in [0.1, 0.15) is 56.2 Å². The second-order valence-corrected chi connectivity index (χ2v) is 7.81. The fraction of sp³-hybridized carbons (Fsp3) is 0.409. The van der Waals surface area contributed by atoms with E-state index < -0.39 is 0 Å². The Kier molecular flexibility index (Phi) is 6.02. The highest BCUT2D eigenvalue weighted by Gasteiger charge is 2.21. The molecule has 5 heteroatoms. The number of aryl methyl sites for hydroxylation is 3. The van der Waals surface area contributed by atoms with Gasteiger partial charge in [-0.1, -0.05) is 56.1 Å². The van der Waals surface area contributed by atoms with E-state index in [1.165, 1.54) is 11.1 Å². The Bertz CT molecular complexity index is 951. The first-order chi connectivity index (χ1) is 12.9. The predicted molar refractivity (Wildman–Crippen MR) is 115 cm³/mol. The number of hydrogen-bond donors (Lipinski definition) is 0. The van der Waals surface area contributed by atoms with E-state index in [9.17, 15) is 0 Å². The molecule has 0 aliphatic carbocycles. The van der Waals surface area contributed by atoms with Crippen molar-refractivity contribution in [1.29, 1.82) is 0 Å². The van der Waals surface area contributed by atoms with Crippen molar-refractivity contribution in [2.75, 3.05) is 0 Å². The summed E-state index contributed by atoms with van der Waals surface area (Å²) in [4.78, 5) is 4.84. The molecule has 3 aromatic rings. The summed E-state index contributed by atoms with van der Waals surface area (Å²) in [5, 5.41) is 1.09. The van der Waals surface area contributed by atoms with Crippen LogP contribution in [0.2, 0.25) is 10.0 Å². The molecule has 0 spiro atoms. The summed E-state index contributed by atoms with van der Waals surface area (Å²) >= 11 is 12.5. The highest BCUT2D eigenvalue weighted by molar-refractivity contribution is 6.35. The van der Waals surface area contributed by atoms with Crippen molar-refractivity contribution in [2.45, 2.75) is 52.9 Å². The molecule has 0 radical (unpaired) electrons. The number of nitrogens with zero attached hydrogens (tertiary/aromatic N) is 2. The maximum atomic E-state index is 6.37. The number of imidazole rings is 1. The lowest BCUT2D eigenvalue weighted by atomic mass is 9.91. The third-order valence-electron chi connectivity index (χ3n) is 5.29. The van der Waals surface area contributed by atoms with Crippen LogP contribution in [-0.4, -0.2) is 9.55 Å². The van der Waals surface area contributed by atoms with Crippen LogP contribution in [0.5, 0.6) is 11.8 Å². The second-order valence-electron chi connectivity index (χ2n) is 6.97. The highest BCUT2D eigenvalue weighted by Crippen LogP contribution is 2.38. The van der Waals surface area contributed by atoms with Crippen LogP contribution >= 0.6 is 23.2 Å². The molecule has 1 aromatic heterocycles. The molecule has 3 rings (SSSR count). The Hall–Kier alpha value is -1.71. The molecule has 27 heavy (non-hydrogen) atoms. The maximum Gasteiger partial charge on any atom is 0.302 e. The lowest BCUT2D eigenvalue weighted by Gasteiger charge is -2.16. The molecule has 1 heterocycles. The van der Waals surface area contributed by atoms with Crippen LogP contribution in [0.15, 0.2) is 24.3 Å². The lowest BCUT2D eigenvalue weighted by molar-refractivity contribution is 0.425. The molecule has 0 aliphatic rings. The predicted octanol–water partition coefficient (Wildman–Crippen LogP) is 7.45. The molecular formula is C22H26Cl2N2O. The van der Waals surface area contributed by atoms with Crippen molar-refractivity contribution < 1.29 is 4.74 Å². The van der Waals surface area contributed by atoms with Gasteiger partial charge in [-0.3, -0.25) is 4.57 Å². The van der Waals surface area contributed by atoms with Crippen molar-refractivity contribution in [1.82, 2.24) is 9.55 Å². The number of hydrogen-bond acceptors (Lipinski definition) is 2. The average molecular weight is 405 g/mol. The van der Waals surface area contributed by atoms with Gasteiger partial charge in [0.15, 0.2) is 5.75 Å². The van der Waals surface area contributed by atoms with Gasteiger partial charge in [-0.15, -0.1) is 0 Å². The van der Waals surface area contributed by atoms with E-state index in [0.717, 1.165) is 35.9 Å². The molecule has 0 bridgehead atoms. The van der Waals surface area contributed by atoms with Crippen molar-refractivity contribution in [2.24, 2.45) is 7.05 Å². The van der Waals surface area contributed by atoms with E-state index in [-0.39, 0.29) is 0 Å². The van der Waals surface area contributed by atoms with Gasteiger partial charge in [0.25, 0.3) is 0 Å². The van der Waals surface area contributed by atoms with Gasteiger partial charge in [-0.2, -0.15) is 4.98 Å². The first-order valence-corrected chi connectivity index (χ1v) is 10.3. The SMILES string of the molecule is CCc1ccc(C(CC)CC)c2c1nc(Oc1c(C)cc(Cl)cc1Cl)n2C. The van der Waals surface area contributed by atoms with Crippen LogP contribution < -0.4 is 4.74 Å². The number of ether oxygens (including phenoxy) is 1. The highest BCUT2D eigenvalue weighted by atomic mass is 35.5. The van der Waals surface area contributed by atoms with E-state index in [1.807, 2.05) is 24.6 Å². The van der Waals surface area contributed by atoms with Crippen LogP contribution in [0.4, 0.5) is 0 Å². The summed E-state index contributed by atoms with van der Waals surface area (Å²) < 4.78 is 8.22. The van der Waals surface area contributed by atoms with Gasteiger partial charge in [-0.05, 0) is 60.9 Å². The van der Waals surface area contributed by atoms with Gasteiger partial charge in [0.05, 0.1) is 16.1 Å². The number of rotatable bonds is 6. The molecule has 0 fully saturated rings. The summed E-state index contributed by atoms with van der Waals surface area (Å²) in [6.45, 7) is 8.56. The molecule has 0 N–H and O–H groups in total. The number of fused-ring (bicyclic) bond motifs is 1. The van der Waals surface area contributed by atoms with Gasteiger partial charge < -0.3 is 4.74 Å². The molecule has 0 aliphatic heterocycles. The molecule has 2 aromatic carbocycles. The molecule has 144 valence electrons. The topological polar surface area (TPSA) is 27.1 Å². The van der Waals surface area contributed by atoms with Gasteiger partial charge >= 0.3 is 6.01 Å². The first-order valence-electron chi connectivity index (χ1n) is 9.52. The molecule has 0 amide bonds. The Morgan fingerprint density at radius 2 is 1.81 bits per heavy atom. The largest absolute Gasteiger partial charge is 0.424 e. The average Bonchev–Trinajstić information content (AvgIpc) is 2.96. The molecular weight excluding hydrogens is 379 g/mol. The molecule has 0 saturated carbocycles. The van der Waals surface area contributed by atoms with Crippen LogP contribution in [0.25, 0.3) is 11.0 Å². The Balaban J connectivity index is 2.18. The molecule has 3 nitrogen and oxygen atoms in total. The normalized spacial score (nSPS) is 11.6. The van der Waals surface area contributed by atoms with Crippen molar-refractivity contribution >= 4 is 34.2 Å². The summed E-state index contributed by atoms with van der Waals surface area (Å²) in [6.07, 6.45) is 3.12. The van der Waals surface area contributed by atoms with Gasteiger partial charge in [0.2, 0.25) is 0 Å². The van der Waals surface area contributed by atoms with E-state index in [4.69, 9.17) is 32.9 Å². The minimum absolute atomic E-state index is 0.489. The summed E-state index contributed by atoms with van der Waals surface area (Å²) in [6, 6.07) is 8.54. The monoisotopic (exact) mass is 404 g/mol. The zero-order valence-electron chi connectivity index (χ0n) is 16.6. The van der Waals surface area contributed by atoms with Crippen LogP contribution in [-0.2, 0) is 13.5 Å². The number of aromatic nitrogens is 2. The van der Waals surface area contributed by atoms with Gasteiger partial charge in [-0.25, -0.2) is 0 Å². The van der Waals surface area contributed by atoms with Gasteiger partial charge in [0.1, 0.15) is 0 Å². The summed E-state index contributed by atoms with van der Waals surface area (Å²) in [5.41, 5.74) is 5.61. The Morgan fingerprint density at radius 3 is 2.41 bits per heavy atom. The molecule has 0 atom stereocenters. The fourth-order valence-electron chi connectivity index (χ4n) is 3.72. The molecule has 0 saturated heterocycles. The Labute approximate surface area is 171 Å². The first kappa shape index (κ1) is 20.0. The van der Waals surface area contributed by atoms with Crippen molar-refractivity contribution in [3.8, 4) is 11.8 Å². The van der Waals surface area contributed by atoms with E-state index in [0.29, 0.717) is 27.7 Å². The smallest absolute Gasteiger partial charge is 0.302 e. The van der Waals surface area contributed by atoms with Crippen molar-refractivity contribution in [3.63, 3.8) is 0 Å². The van der Waals surface area contributed by atoms with E-state index in [2.05, 4.69) is 32.9 Å². The second kappa shape index (κ2) is 8.12. The summed E-state index contributed by atoms with van der Waals surface area (Å²) in [7, 11) is 2.01. The lowest BCUT2D eigenvalue weighted by Crippen LogP contribution is -2.02. The summed E-state index contributed by atoms with van der Waals surface area (Å²) in [5.74, 6) is 1.10. The van der Waals surface area contributed by atoms with Crippen molar-refractivity contribution in [3.05, 3.63) is 51.0 Å². The number of halogens is 2. The minimum Gasteiger partial charge on any atom is -0.424 e. The molecule has 0 unspecified atom stereocenters. The van der Waals surface area contributed by atoms with E-state index in [1.54, 1.807) is 6.07 Å². The van der Waals surface area contributed by atoms with Crippen LogP contribution in [0, 0.1) is 6.92 Å². The maximum absolute atomic E-state index is 6.37. The van der Waals surface area contributed by atoms with E-state index >= 15 is 0 Å². The third-order valence-corrected chi connectivity index (χ3v) is 5.79. The quantitative estimate of drug-likeness (QED) is 0.426. The standard InChI is InChI=1S/C22H26Cl2N2O/c1-6-14(7-2)17-10-9-15(8-3)19-20(17)26(5)22(25-19)27-21-13(4)11-16(23)12-18(21)24/h9-12,14H,6-8H2,1-5H3. The zero-order chi connectivity index (χ0) is 19.7. The zero-order valence-corrected chi connectivity index (χ0v) is 18.1. The van der Waals surface area contributed by atoms with Gasteiger partial charge in [0, 0.05) is 12.1 Å². The Morgan fingerprint density at radius 1 is 1.11 bits per heavy atom. The minimum atomic E-state index is 0.489. The fourth-order valence-corrected chi connectivity index (χ4v) is 4.36. The number of benzene rings is 2. The van der Waals surface area contributed by atoms with Crippen LogP contribution in [0.3, 0.4) is 0 Å².